The van der Waals surface area contributed by atoms with Gasteiger partial charge in [-0.05, 0) is 28.8 Å². The topological polar surface area (TPSA) is 43.1 Å². The van der Waals surface area contributed by atoms with Crippen molar-refractivity contribution in [2.45, 2.75) is 38.0 Å². The molecular formula is C10H12BrNO2. The summed E-state index contributed by atoms with van der Waals surface area (Å²) in [5.41, 5.74) is 0.594. The lowest BCUT2D eigenvalue weighted by atomic mass is 9.86. The molecule has 1 heterocycles. The Kier molecular flexibility index (Phi) is 3.01. The fraction of sp³-hybridized carbons (Fsp3) is 0.600. The number of aromatic nitrogens is 1. The van der Waals surface area contributed by atoms with E-state index in [1.54, 1.807) is 0 Å². The molecule has 0 aliphatic heterocycles. The Labute approximate surface area is 91.0 Å². The first-order valence-corrected chi connectivity index (χ1v) is 5.72. The summed E-state index contributed by atoms with van der Waals surface area (Å²) < 4.78 is 5.73. The number of hydrogen-bond acceptors (Lipinski definition) is 3. The highest BCUT2D eigenvalue weighted by molar-refractivity contribution is 9.10. The predicted molar refractivity (Wildman–Crippen MR) is 55.4 cm³/mol. The monoisotopic (exact) mass is 257 g/mol. The average molecular weight is 258 g/mol. The van der Waals surface area contributed by atoms with Crippen LogP contribution in [0.1, 0.15) is 54.1 Å². The second kappa shape index (κ2) is 4.26. The summed E-state index contributed by atoms with van der Waals surface area (Å²) in [6, 6.07) is 0. The number of rotatable bonds is 2. The maximum Gasteiger partial charge on any atom is 0.160 e. The minimum absolute atomic E-state index is 0.391. The van der Waals surface area contributed by atoms with E-state index in [4.69, 9.17) is 4.52 Å². The fourth-order valence-electron chi connectivity index (χ4n) is 2.06. The second-order valence-corrected chi connectivity index (χ2v) is 4.46. The van der Waals surface area contributed by atoms with Gasteiger partial charge in [-0.3, -0.25) is 4.79 Å². The minimum Gasteiger partial charge on any atom is -0.359 e. The molecule has 0 aromatic carbocycles. The quantitative estimate of drug-likeness (QED) is 0.764. The maximum atomic E-state index is 10.8. The van der Waals surface area contributed by atoms with Gasteiger partial charge in [0.05, 0.1) is 5.56 Å². The molecule has 76 valence electrons. The van der Waals surface area contributed by atoms with Gasteiger partial charge in [0.15, 0.2) is 16.6 Å². The Morgan fingerprint density at radius 1 is 1.36 bits per heavy atom. The summed E-state index contributed by atoms with van der Waals surface area (Å²) in [6.07, 6.45) is 6.79. The number of halogens is 1. The summed E-state index contributed by atoms with van der Waals surface area (Å²) in [5, 5.41) is 3.77. The lowest BCUT2D eigenvalue weighted by Crippen LogP contribution is -2.05. The molecular weight excluding hydrogens is 246 g/mol. The molecule has 2 rings (SSSR count). The van der Waals surface area contributed by atoms with Crippen LogP contribution in [0.2, 0.25) is 0 Å². The molecule has 0 spiro atoms. The lowest BCUT2D eigenvalue weighted by Gasteiger charge is -2.18. The van der Waals surface area contributed by atoms with E-state index in [2.05, 4.69) is 21.1 Å². The zero-order valence-electron chi connectivity index (χ0n) is 7.83. The molecule has 1 saturated carbocycles. The van der Waals surface area contributed by atoms with Gasteiger partial charge in [-0.15, -0.1) is 0 Å². The molecule has 0 atom stereocenters. The van der Waals surface area contributed by atoms with E-state index < -0.39 is 0 Å². The molecule has 0 unspecified atom stereocenters. The van der Waals surface area contributed by atoms with Gasteiger partial charge >= 0.3 is 0 Å². The SMILES string of the molecule is O=Cc1c(Br)noc1C1CCCCC1. The van der Waals surface area contributed by atoms with Gasteiger partial charge in [-0.2, -0.15) is 0 Å². The molecule has 4 heteroatoms. The third-order valence-corrected chi connectivity index (χ3v) is 3.38. The zero-order chi connectivity index (χ0) is 9.97. The summed E-state index contributed by atoms with van der Waals surface area (Å²) in [5.74, 6) is 1.16. The van der Waals surface area contributed by atoms with Gasteiger partial charge in [-0.25, -0.2) is 0 Å². The van der Waals surface area contributed by atoms with Gasteiger partial charge in [0.2, 0.25) is 0 Å². The van der Waals surface area contributed by atoms with Crippen LogP contribution in [0.3, 0.4) is 0 Å². The third kappa shape index (κ3) is 1.75. The van der Waals surface area contributed by atoms with Gasteiger partial charge in [-0.1, -0.05) is 24.4 Å². The molecule has 14 heavy (non-hydrogen) atoms. The number of hydrogen-bond donors (Lipinski definition) is 0. The summed E-state index contributed by atoms with van der Waals surface area (Å²) in [7, 11) is 0. The number of aldehydes is 1. The molecule has 3 nitrogen and oxygen atoms in total. The third-order valence-electron chi connectivity index (χ3n) is 2.81. The van der Waals surface area contributed by atoms with Crippen LogP contribution in [-0.2, 0) is 0 Å². The number of nitrogens with zero attached hydrogens (tertiary/aromatic N) is 1. The van der Waals surface area contributed by atoms with E-state index >= 15 is 0 Å². The highest BCUT2D eigenvalue weighted by atomic mass is 79.9. The van der Waals surface area contributed by atoms with Crippen LogP contribution in [0, 0.1) is 0 Å². The van der Waals surface area contributed by atoms with Crippen molar-refractivity contribution in [3.63, 3.8) is 0 Å². The molecule has 1 aliphatic rings. The second-order valence-electron chi connectivity index (χ2n) is 3.70. The zero-order valence-corrected chi connectivity index (χ0v) is 9.42. The van der Waals surface area contributed by atoms with E-state index in [1.165, 1.54) is 19.3 Å². The molecule has 1 aliphatic carbocycles. The van der Waals surface area contributed by atoms with Crippen molar-refractivity contribution in [2.75, 3.05) is 0 Å². The van der Waals surface area contributed by atoms with Crippen molar-refractivity contribution >= 4 is 22.2 Å². The van der Waals surface area contributed by atoms with Gasteiger partial charge in [0.1, 0.15) is 0 Å². The highest BCUT2D eigenvalue weighted by Crippen LogP contribution is 2.35. The Morgan fingerprint density at radius 2 is 2.07 bits per heavy atom. The minimum atomic E-state index is 0.391. The molecule has 0 N–H and O–H groups in total. The Hall–Kier alpha value is -0.640. The first-order valence-electron chi connectivity index (χ1n) is 4.93. The Bertz CT molecular complexity index is 329. The van der Waals surface area contributed by atoms with Crippen LogP contribution < -0.4 is 0 Å². The summed E-state index contributed by atoms with van der Waals surface area (Å²) >= 11 is 3.21. The van der Waals surface area contributed by atoms with Crippen LogP contribution in [-0.4, -0.2) is 11.4 Å². The first kappa shape index (κ1) is 9.90. The van der Waals surface area contributed by atoms with Gasteiger partial charge in [0, 0.05) is 5.92 Å². The normalized spacial score (nSPS) is 18.4. The predicted octanol–water partition coefficient (Wildman–Crippen LogP) is 3.30. The average Bonchev–Trinajstić information content (AvgIpc) is 2.61. The standard InChI is InChI=1S/C10H12BrNO2/c11-10-8(6-13)9(14-12-10)7-4-2-1-3-5-7/h6-7H,1-5H2. The van der Waals surface area contributed by atoms with Crippen LogP contribution >= 0.6 is 15.9 Å². The molecule has 0 saturated heterocycles. The van der Waals surface area contributed by atoms with E-state index in [-0.39, 0.29) is 0 Å². The Balaban J connectivity index is 2.25. The van der Waals surface area contributed by atoms with E-state index in [1.807, 2.05) is 0 Å². The van der Waals surface area contributed by atoms with E-state index in [9.17, 15) is 4.79 Å². The van der Waals surface area contributed by atoms with Crippen molar-refractivity contribution < 1.29 is 9.32 Å². The number of carbonyl (C=O) groups excluding carboxylic acids is 1. The molecule has 0 bridgehead atoms. The van der Waals surface area contributed by atoms with Crippen molar-refractivity contribution in [2.24, 2.45) is 0 Å². The fourth-order valence-corrected chi connectivity index (χ4v) is 2.42. The summed E-state index contributed by atoms with van der Waals surface area (Å²) in [4.78, 5) is 10.8. The van der Waals surface area contributed by atoms with Gasteiger partial charge < -0.3 is 4.52 Å². The van der Waals surface area contributed by atoms with Crippen LogP contribution in [0.4, 0.5) is 0 Å². The summed E-state index contributed by atoms with van der Waals surface area (Å²) in [6.45, 7) is 0. The van der Waals surface area contributed by atoms with Crippen molar-refractivity contribution in [1.82, 2.24) is 5.16 Å². The van der Waals surface area contributed by atoms with Crippen molar-refractivity contribution in [1.29, 1.82) is 0 Å². The number of carbonyl (C=O) groups is 1. The van der Waals surface area contributed by atoms with E-state index in [0.29, 0.717) is 16.1 Å². The smallest absolute Gasteiger partial charge is 0.160 e. The van der Waals surface area contributed by atoms with Crippen LogP contribution in [0.25, 0.3) is 0 Å². The molecule has 1 fully saturated rings. The largest absolute Gasteiger partial charge is 0.359 e. The molecule has 1 aromatic rings. The molecule has 1 aromatic heterocycles. The lowest BCUT2D eigenvalue weighted by molar-refractivity contribution is 0.112. The molecule has 0 radical (unpaired) electrons. The van der Waals surface area contributed by atoms with Crippen molar-refractivity contribution in [3.8, 4) is 0 Å². The molecule has 0 amide bonds. The van der Waals surface area contributed by atoms with Crippen LogP contribution in [0.5, 0.6) is 0 Å². The Morgan fingerprint density at radius 3 is 2.71 bits per heavy atom. The van der Waals surface area contributed by atoms with Crippen molar-refractivity contribution in [3.05, 3.63) is 15.9 Å². The van der Waals surface area contributed by atoms with Crippen LogP contribution in [0.15, 0.2) is 9.13 Å². The maximum absolute atomic E-state index is 10.8. The van der Waals surface area contributed by atoms with E-state index in [0.717, 1.165) is 24.9 Å². The van der Waals surface area contributed by atoms with Gasteiger partial charge in [0.25, 0.3) is 0 Å². The highest BCUT2D eigenvalue weighted by Gasteiger charge is 2.24. The first-order chi connectivity index (χ1) is 6.83.